The summed E-state index contributed by atoms with van der Waals surface area (Å²) in [5.74, 6) is 1.30. The monoisotopic (exact) mass is 528 g/mol. The third-order valence-electron chi connectivity index (χ3n) is 6.78. The molecule has 2 aromatic heterocycles. The normalized spacial score (nSPS) is 14.9. The van der Waals surface area contributed by atoms with Gasteiger partial charge in [-0.05, 0) is 61.7 Å². The van der Waals surface area contributed by atoms with Crippen LogP contribution in [0.25, 0.3) is 10.2 Å². The van der Waals surface area contributed by atoms with Crippen molar-refractivity contribution in [2.45, 2.75) is 58.9 Å². The number of ether oxygens (including phenoxy) is 1. The maximum Gasteiger partial charge on any atom is 0.331 e. The van der Waals surface area contributed by atoms with E-state index < -0.39 is 0 Å². The highest BCUT2D eigenvalue weighted by molar-refractivity contribution is 7.21. The molecule has 7 nitrogen and oxygen atoms in total. The van der Waals surface area contributed by atoms with Gasteiger partial charge in [0.15, 0.2) is 0 Å². The average Bonchev–Trinajstić information content (AvgIpc) is 3.31. The van der Waals surface area contributed by atoms with Gasteiger partial charge in [0, 0.05) is 12.2 Å². The molecule has 6 rings (SSSR count). The van der Waals surface area contributed by atoms with E-state index in [2.05, 4.69) is 15.6 Å². The van der Waals surface area contributed by atoms with Gasteiger partial charge in [-0.2, -0.15) is 0 Å². The maximum absolute atomic E-state index is 13.4. The molecule has 4 aromatic rings. The van der Waals surface area contributed by atoms with Crippen molar-refractivity contribution in [2.24, 2.45) is 0 Å². The first-order chi connectivity index (χ1) is 18.6. The second-order valence-electron chi connectivity index (χ2n) is 9.25. The van der Waals surface area contributed by atoms with Crippen LogP contribution in [0, 0.1) is 6.92 Å². The number of aryl methyl sites for hydroxylation is 1. The molecule has 3 amide bonds. The number of pyridine rings is 1. The standard InChI is InChI=1S/C28H26N4O3S.C2H6/c1-17-16-20(35-19-10-6-3-7-11-19)12-13-21(17)32-22-14-15-29-27-23(22)24(31-28(32)34)25(36-27)26(33)30-18-8-4-2-5-9-18;1-2/h3,6-7,10-16,18H,2,4-5,8-9H2,1H3,(H,30,33)(H,31,34);1-2H3. The smallest absolute Gasteiger partial charge is 0.331 e. The Hall–Kier alpha value is -3.91. The highest BCUT2D eigenvalue weighted by Crippen LogP contribution is 2.46. The molecular weight excluding hydrogens is 496 g/mol. The Bertz CT molecular complexity index is 1460. The van der Waals surface area contributed by atoms with Crippen LogP contribution in [0.4, 0.5) is 21.9 Å². The van der Waals surface area contributed by atoms with Crippen molar-refractivity contribution in [1.82, 2.24) is 10.3 Å². The van der Waals surface area contributed by atoms with Crippen molar-refractivity contribution in [3.05, 3.63) is 71.2 Å². The van der Waals surface area contributed by atoms with Crippen molar-refractivity contribution in [2.75, 3.05) is 10.2 Å². The molecule has 2 N–H and O–H groups in total. The predicted octanol–water partition coefficient (Wildman–Crippen LogP) is 8.17. The van der Waals surface area contributed by atoms with Crippen LogP contribution in [0.3, 0.4) is 0 Å². The third kappa shape index (κ3) is 4.96. The minimum atomic E-state index is -0.306. The molecule has 0 atom stereocenters. The van der Waals surface area contributed by atoms with E-state index in [4.69, 9.17) is 4.74 Å². The molecule has 0 unspecified atom stereocenters. The number of urea groups is 1. The minimum Gasteiger partial charge on any atom is -0.457 e. The van der Waals surface area contributed by atoms with Gasteiger partial charge in [0.2, 0.25) is 0 Å². The summed E-state index contributed by atoms with van der Waals surface area (Å²) in [5.41, 5.74) is 2.89. The molecule has 0 saturated heterocycles. The Morgan fingerprint density at radius 2 is 1.79 bits per heavy atom. The van der Waals surface area contributed by atoms with Gasteiger partial charge in [0.05, 0.1) is 22.4 Å². The lowest BCUT2D eigenvalue weighted by Gasteiger charge is -2.29. The lowest BCUT2D eigenvalue weighted by Crippen LogP contribution is -2.37. The number of aromatic nitrogens is 1. The summed E-state index contributed by atoms with van der Waals surface area (Å²) in [7, 11) is 0. The first-order valence-corrected chi connectivity index (χ1v) is 14.1. The van der Waals surface area contributed by atoms with Crippen LogP contribution < -0.4 is 20.3 Å². The Balaban J connectivity index is 0.00000144. The summed E-state index contributed by atoms with van der Waals surface area (Å²) in [6.45, 7) is 5.95. The molecule has 0 spiro atoms. The van der Waals surface area contributed by atoms with Crippen LogP contribution in [0.5, 0.6) is 11.5 Å². The van der Waals surface area contributed by atoms with Crippen LogP contribution in [-0.2, 0) is 0 Å². The first kappa shape index (κ1) is 25.7. The lowest BCUT2D eigenvalue weighted by atomic mass is 9.95. The fourth-order valence-electron chi connectivity index (χ4n) is 5.05. The quantitative estimate of drug-likeness (QED) is 0.274. The fraction of sp³-hybridized carbons (Fsp3) is 0.300. The van der Waals surface area contributed by atoms with Crippen LogP contribution in [-0.4, -0.2) is 23.0 Å². The maximum atomic E-state index is 13.4. The van der Waals surface area contributed by atoms with E-state index in [9.17, 15) is 9.59 Å². The van der Waals surface area contributed by atoms with E-state index in [-0.39, 0.29) is 18.0 Å². The number of para-hydroxylation sites is 1. The first-order valence-electron chi connectivity index (χ1n) is 13.3. The highest BCUT2D eigenvalue weighted by Gasteiger charge is 2.33. The summed E-state index contributed by atoms with van der Waals surface area (Å²) in [5, 5.41) is 6.95. The van der Waals surface area contributed by atoms with E-state index in [0.717, 1.165) is 52.9 Å². The van der Waals surface area contributed by atoms with Crippen LogP contribution in [0.2, 0.25) is 0 Å². The molecule has 196 valence electrons. The van der Waals surface area contributed by atoms with Gasteiger partial charge >= 0.3 is 6.03 Å². The number of carbonyl (C=O) groups is 2. The van der Waals surface area contributed by atoms with Gasteiger partial charge in [-0.1, -0.05) is 51.3 Å². The fourth-order valence-corrected chi connectivity index (χ4v) is 6.07. The highest BCUT2D eigenvalue weighted by atomic mass is 32.1. The summed E-state index contributed by atoms with van der Waals surface area (Å²) in [6, 6.07) is 16.9. The SMILES string of the molecule is CC.Cc1cc(Oc2ccccc2)ccc1N1C(=O)Nc2c(C(=O)NC3CCCCC3)sc3nccc1c23. The second kappa shape index (κ2) is 11.2. The molecule has 2 aliphatic rings. The Kier molecular flexibility index (Phi) is 7.60. The van der Waals surface area contributed by atoms with Gasteiger partial charge in [-0.3, -0.25) is 9.69 Å². The zero-order valence-electron chi connectivity index (χ0n) is 21.9. The molecule has 1 saturated carbocycles. The van der Waals surface area contributed by atoms with E-state index in [1.165, 1.54) is 17.8 Å². The van der Waals surface area contributed by atoms with Crippen LogP contribution in [0.15, 0.2) is 60.8 Å². The van der Waals surface area contributed by atoms with Crippen molar-refractivity contribution in [1.29, 1.82) is 0 Å². The number of anilines is 3. The van der Waals surface area contributed by atoms with E-state index >= 15 is 0 Å². The Morgan fingerprint density at radius 1 is 1.03 bits per heavy atom. The molecular formula is C30H32N4O3S. The van der Waals surface area contributed by atoms with Gasteiger partial charge in [0.25, 0.3) is 5.91 Å². The van der Waals surface area contributed by atoms with Crippen LogP contribution in [0.1, 0.15) is 61.2 Å². The molecule has 0 bridgehead atoms. The van der Waals surface area contributed by atoms with E-state index in [1.54, 1.807) is 11.1 Å². The molecule has 0 radical (unpaired) electrons. The topological polar surface area (TPSA) is 83.6 Å². The molecule has 38 heavy (non-hydrogen) atoms. The van der Waals surface area contributed by atoms with Gasteiger partial charge in [0.1, 0.15) is 21.2 Å². The molecule has 8 heteroatoms. The molecule has 1 aliphatic carbocycles. The number of hydrogen-bond acceptors (Lipinski definition) is 5. The van der Waals surface area contributed by atoms with Gasteiger partial charge in [-0.15, -0.1) is 11.3 Å². The molecule has 1 fully saturated rings. The van der Waals surface area contributed by atoms with E-state index in [0.29, 0.717) is 22.0 Å². The Morgan fingerprint density at radius 3 is 2.53 bits per heavy atom. The number of hydrogen-bond donors (Lipinski definition) is 2. The third-order valence-corrected chi connectivity index (χ3v) is 7.88. The number of nitrogens with zero attached hydrogens (tertiary/aromatic N) is 2. The molecule has 2 aromatic carbocycles. The van der Waals surface area contributed by atoms with Crippen molar-refractivity contribution < 1.29 is 14.3 Å². The predicted molar refractivity (Wildman–Crippen MR) is 154 cm³/mol. The Labute approximate surface area is 226 Å². The largest absolute Gasteiger partial charge is 0.457 e. The van der Waals surface area contributed by atoms with Crippen molar-refractivity contribution >= 4 is 50.6 Å². The van der Waals surface area contributed by atoms with E-state index in [1.807, 2.05) is 75.4 Å². The lowest BCUT2D eigenvalue weighted by molar-refractivity contribution is 0.0932. The number of rotatable bonds is 5. The summed E-state index contributed by atoms with van der Waals surface area (Å²) in [4.78, 5) is 34.0. The summed E-state index contributed by atoms with van der Waals surface area (Å²) >= 11 is 1.32. The van der Waals surface area contributed by atoms with Crippen LogP contribution >= 0.6 is 11.3 Å². The van der Waals surface area contributed by atoms with Crippen molar-refractivity contribution in [3.63, 3.8) is 0 Å². The zero-order chi connectivity index (χ0) is 26.6. The molecule has 3 heterocycles. The van der Waals surface area contributed by atoms with Crippen molar-refractivity contribution in [3.8, 4) is 11.5 Å². The molecule has 1 aliphatic heterocycles. The number of amides is 3. The number of nitrogens with one attached hydrogen (secondary N) is 2. The second-order valence-corrected chi connectivity index (χ2v) is 10.3. The number of thiophene rings is 1. The zero-order valence-corrected chi connectivity index (χ0v) is 22.7. The summed E-state index contributed by atoms with van der Waals surface area (Å²) in [6.07, 6.45) is 7.18. The summed E-state index contributed by atoms with van der Waals surface area (Å²) < 4.78 is 5.96. The van der Waals surface area contributed by atoms with Gasteiger partial charge in [-0.25, -0.2) is 9.78 Å². The number of benzene rings is 2. The minimum absolute atomic E-state index is 0.141. The van der Waals surface area contributed by atoms with Gasteiger partial charge < -0.3 is 15.4 Å². The number of carbonyl (C=O) groups excluding carboxylic acids is 2. The average molecular weight is 529 g/mol.